The van der Waals surface area contributed by atoms with E-state index in [4.69, 9.17) is 0 Å². The van der Waals surface area contributed by atoms with Gasteiger partial charge >= 0.3 is 0 Å². The Balaban J connectivity index is 1.81. The van der Waals surface area contributed by atoms with Crippen molar-refractivity contribution in [2.45, 2.75) is 6.54 Å². The van der Waals surface area contributed by atoms with Crippen LogP contribution in [0.1, 0.15) is 15.9 Å². The maximum absolute atomic E-state index is 13.6. The van der Waals surface area contributed by atoms with E-state index in [2.05, 4.69) is 5.32 Å². The summed E-state index contributed by atoms with van der Waals surface area (Å²) in [5.74, 6) is -0.908. The van der Waals surface area contributed by atoms with Crippen LogP contribution in [0.25, 0.3) is 10.8 Å². The molecule has 0 aliphatic carbocycles. The van der Waals surface area contributed by atoms with E-state index in [0.717, 1.165) is 16.3 Å². The highest BCUT2D eigenvalue weighted by Crippen LogP contribution is 2.18. The van der Waals surface area contributed by atoms with Crippen LogP contribution < -0.4 is 5.32 Å². The van der Waals surface area contributed by atoms with E-state index < -0.39 is 11.7 Å². The molecule has 1 N–H and O–H groups in total. The highest BCUT2D eigenvalue weighted by atomic mass is 19.1. The highest BCUT2D eigenvalue weighted by molar-refractivity contribution is 5.94. The average molecular weight is 279 g/mol. The molecule has 21 heavy (non-hydrogen) atoms. The van der Waals surface area contributed by atoms with Gasteiger partial charge < -0.3 is 5.32 Å². The molecule has 104 valence electrons. The number of hydrogen-bond donors (Lipinski definition) is 1. The van der Waals surface area contributed by atoms with Gasteiger partial charge in [0.1, 0.15) is 5.82 Å². The number of fused-ring (bicyclic) bond motifs is 1. The monoisotopic (exact) mass is 279 g/mol. The second-order valence-corrected chi connectivity index (χ2v) is 4.80. The first-order chi connectivity index (χ1) is 10.3. The second-order valence-electron chi connectivity index (χ2n) is 4.80. The van der Waals surface area contributed by atoms with Crippen molar-refractivity contribution in [2.24, 2.45) is 0 Å². The van der Waals surface area contributed by atoms with Crippen LogP contribution in [-0.4, -0.2) is 5.91 Å². The summed E-state index contributed by atoms with van der Waals surface area (Å²) in [6, 6.07) is 19.9. The Morgan fingerprint density at radius 2 is 1.62 bits per heavy atom. The lowest BCUT2D eigenvalue weighted by atomic mass is 10.0. The van der Waals surface area contributed by atoms with Gasteiger partial charge in [0.25, 0.3) is 5.91 Å². The van der Waals surface area contributed by atoms with E-state index in [9.17, 15) is 9.18 Å². The molecule has 0 spiro atoms. The van der Waals surface area contributed by atoms with Gasteiger partial charge in [-0.25, -0.2) is 4.39 Å². The van der Waals surface area contributed by atoms with Gasteiger partial charge in [0.2, 0.25) is 0 Å². The third-order valence-electron chi connectivity index (χ3n) is 3.44. The van der Waals surface area contributed by atoms with Crippen molar-refractivity contribution in [1.29, 1.82) is 0 Å². The number of nitrogens with one attached hydrogen (secondary N) is 1. The van der Waals surface area contributed by atoms with Gasteiger partial charge in [-0.2, -0.15) is 0 Å². The van der Waals surface area contributed by atoms with Crippen molar-refractivity contribution in [1.82, 2.24) is 5.32 Å². The first-order valence-electron chi connectivity index (χ1n) is 6.75. The van der Waals surface area contributed by atoms with Crippen LogP contribution in [0.3, 0.4) is 0 Å². The lowest BCUT2D eigenvalue weighted by Gasteiger charge is -2.09. The van der Waals surface area contributed by atoms with Crippen LogP contribution in [0.2, 0.25) is 0 Å². The molecule has 1 amide bonds. The van der Waals surface area contributed by atoms with Crippen LogP contribution in [-0.2, 0) is 6.54 Å². The van der Waals surface area contributed by atoms with Crippen molar-refractivity contribution < 1.29 is 9.18 Å². The molecule has 0 heterocycles. The fraction of sp³-hybridized carbons (Fsp3) is 0.0556. The second kappa shape index (κ2) is 5.75. The first kappa shape index (κ1) is 13.3. The fourth-order valence-electron chi connectivity index (χ4n) is 2.36. The molecule has 0 aromatic heterocycles. The molecule has 3 rings (SSSR count). The number of amides is 1. The Bertz CT molecular complexity index is 793. The van der Waals surface area contributed by atoms with Gasteiger partial charge in [-0.05, 0) is 28.5 Å². The maximum Gasteiger partial charge on any atom is 0.254 e. The van der Waals surface area contributed by atoms with Gasteiger partial charge in [-0.1, -0.05) is 54.6 Å². The summed E-state index contributed by atoms with van der Waals surface area (Å²) in [6.07, 6.45) is 0. The molecule has 0 aliphatic rings. The van der Waals surface area contributed by atoms with Gasteiger partial charge in [0, 0.05) is 6.54 Å². The molecular formula is C18H14FNO. The van der Waals surface area contributed by atoms with Crippen LogP contribution in [0.5, 0.6) is 0 Å². The molecule has 2 nitrogen and oxygen atoms in total. The lowest BCUT2D eigenvalue weighted by Crippen LogP contribution is -2.23. The quantitative estimate of drug-likeness (QED) is 0.773. The smallest absolute Gasteiger partial charge is 0.254 e. The van der Waals surface area contributed by atoms with Gasteiger partial charge in [-0.3, -0.25) is 4.79 Å². The van der Waals surface area contributed by atoms with Gasteiger partial charge in [0.15, 0.2) is 0 Å². The minimum atomic E-state index is -0.507. The Labute approximate surface area is 122 Å². The summed E-state index contributed by atoms with van der Waals surface area (Å²) in [7, 11) is 0. The van der Waals surface area contributed by atoms with Gasteiger partial charge in [-0.15, -0.1) is 0 Å². The third-order valence-corrected chi connectivity index (χ3v) is 3.44. The Morgan fingerprint density at radius 3 is 2.48 bits per heavy atom. The largest absolute Gasteiger partial charge is 0.348 e. The van der Waals surface area contributed by atoms with E-state index in [0.29, 0.717) is 6.54 Å². The maximum atomic E-state index is 13.6. The SMILES string of the molecule is O=C(NCc1cccc2ccccc12)c1ccccc1F. The van der Waals surface area contributed by atoms with Crippen LogP contribution in [0, 0.1) is 5.82 Å². The molecule has 0 saturated carbocycles. The Kier molecular flexibility index (Phi) is 3.65. The van der Waals surface area contributed by atoms with E-state index in [1.165, 1.54) is 12.1 Å². The summed E-state index contributed by atoms with van der Waals surface area (Å²) in [5.41, 5.74) is 1.08. The van der Waals surface area contributed by atoms with E-state index in [1.54, 1.807) is 12.1 Å². The normalized spacial score (nSPS) is 10.5. The van der Waals surface area contributed by atoms with Crippen molar-refractivity contribution in [3.8, 4) is 0 Å². The minimum Gasteiger partial charge on any atom is -0.348 e. The molecule has 0 fully saturated rings. The molecule has 0 bridgehead atoms. The first-order valence-corrected chi connectivity index (χ1v) is 6.75. The summed E-state index contributed by atoms with van der Waals surface area (Å²) >= 11 is 0. The van der Waals surface area contributed by atoms with E-state index in [-0.39, 0.29) is 5.56 Å². The Morgan fingerprint density at radius 1 is 0.905 bits per heavy atom. The molecule has 0 radical (unpaired) electrons. The summed E-state index contributed by atoms with van der Waals surface area (Å²) < 4.78 is 13.6. The molecule has 0 aliphatic heterocycles. The van der Waals surface area contributed by atoms with Crippen molar-refractivity contribution in [3.05, 3.63) is 83.7 Å². The zero-order chi connectivity index (χ0) is 14.7. The number of hydrogen-bond acceptors (Lipinski definition) is 1. The minimum absolute atomic E-state index is 0.0673. The molecule has 3 heteroatoms. The zero-order valence-electron chi connectivity index (χ0n) is 11.3. The highest BCUT2D eigenvalue weighted by Gasteiger charge is 2.10. The van der Waals surface area contributed by atoms with Crippen LogP contribution in [0.15, 0.2) is 66.7 Å². The molecule has 3 aromatic carbocycles. The average Bonchev–Trinajstić information content (AvgIpc) is 2.53. The zero-order valence-corrected chi connectivity index (χ0v) is 11.3. The fourth-order valence-corrected chi connectivity index (χ4v) is 2.36. The van der Waals surface area contributed by atoms with Crippen LogP contribution >= 0.6 is 0 Å². The molecule has 3 aromatic rings. The number of benzene rings is 3. The number of rotatable bonds is 3. The standard InChI is InChI=1S/C18H14FNO/c19-17-11-4-3-10-16(17)18(21)20-12-14-8-5-7-13-6-1-2-9-15(13)14/h1-11H,12H2,(H,20,21). The molecule has 0 unspecified atom stereocenters. The van der Waals surface area contributed by atoms with E-state index in [1.807, 2.05) is 42.5 Å². The molecule has 0 atom stereocenters. The molecular weight excluding hydrogens is 265 g/mol. The summed E-state index contributed by atoms with van der Waals surface area (Å²) in [6.45, 7) is 0.370. The van der Waals surface area contributed by atoms with Crippen molar-refractivity contribution >= 4 is 16.7 Å². The predicted octanol–water partition coefficient (Wildman–Crippen LogP) is 3.91. The predicted molar refractivity (Wildman–Crippen MR) is 81.5 cm³/mol. The number of carbonyl (C=O) groups excluding carboxylic acids is 1. The van der Waals surface area contributed by atoms with Crippen molar-refractivity contribution in [3.63, 3.8) is 0 Å². The van der Waals surface area contributed by atoms with Gasteiger partial charge in [0.05, 0.1) is 5.56 Å². The van der Waals surface area contributed by atoms with E-state index >= 15 is 0 Å². The lowest BCUT2D eigenvalue weighted by molar-refractivity contribution is 0.0947. The number of carbonyl (C=O) groups is 1. The van der Waals surface area contributed by atoms with Crippen LogP contribution in [0.4, 0.5) is 4.39 Å². The summed E-state index contributed by atoms with van der Waals surface area (Å²) in [4.78, 5) is 12.0. The third kappa shape index (κ3) is 2.77. The topological polar surface area (TPSA) is 29.1 Å². The number of halogens is 1. The molecule has 0 saturated heterocycles. The Hall–Kier alpha value is -2.68. The summed E-state index contributed by atoms with van der Waals surface area (Å²) in [5, 5.41) is 4.98. The van der Waals surface area contributed by atoms with Crippen molar-refractivity contribution in [2.75, 3.05) is 0 Å².